The molecule has 0 atom stereocenters. The van der Waals surface area contributed by atoms with E-state index in [4.69, 9.17) is 5.11 Å². The van der Waals surface area contributed by atoms with Crippen molar-refractivity contribution in [1.29, 1.82) is 0 Å². The van der Waals surface area contributed by atoms with Gasteiger partial charge < -0.3 is 15.2 Å². The van der Waals surface area contributed by atoms with Crippen molar-refractivity contribution in [3.8, 4) is 0 Å². The van der Waals surface area contributed by atoms with Crippen LogP contribution in [0.2, 0.25) is 0 Å². The fourth-order valence-electron chi connectivity index (χ4n) is 1.03. The number of hydrogen-bond donors (Lipinski definition) is 2. The lowest BCUT2D eigenvalue weighted by Crippen LogP contribution is -2.12. The van der Waals surface area contributed by atoms with Crippen LogP contribution in [0, 0.1) is 0 Å². The second kappa shape index (κ2) is 5.55. The molecule has 0 saturated heterocycles. The highest BCUT2D eigenvalue weighted by Gasteiger charge is 2.09. The first-order chi connectivity index (χ1) is 7.63. The SMILES string of the molecule is CO/C(=C/C(=O)Nc1ccccc1)C(=O)O. The number of benzene rings is 1. The first-order valence-electron chi connectivity index (χ1n) is 4.48. The number of rotatable bonds is 4. The topological polar surface area (TPSA) is 75.6 Å². The Bertz CT molecular complexity index is 411. The van der Waals surface area contributed by atoms with Gasteiger partial charge in [0, 0.05) is 5.69 Å². The van der Waals surface area contributed by atoms with Gasteiger partial charge in [0.2, 0.25) is 5.76 Å². The minimum Gasteiger partial charge on any atom is -0.490 e. The summed E-state index contributed by atoms with van der Waals surface area (Å²) in [6, 6.07) is 8.71. The first-order valence-corrected chi connectivity index (χ1v) is 4.48. The summed E-state index contributed by atoms with van der Waals surface area (Å²) >= 11 is 0. The molecule has 0 radical (unpaired) electrons. The highest BCUT2D eigenvalue weighted by Crippen LogP contribution is 2.05. The van der Waals surface area contributed by atoms with E-state index < -0.39 is 17.6 Å². The zero-order valence-corrected chi connectivity index (χ0v) is 8.64. The number of carbonyl (C=O) groups is 2. The van der Waals surface area contributed by atoms with Gasteiger partial charge in [-0.25, -0.2) is 4.79 Å². The number of carboxylic acids is 1. The van der Waals surface area contributed by atoms with E-state index in [1.54, 1.807) is 24.3 Å². The average Bonchev–Trinajstić information content (AvgIpc) is 2.27. The van der Waals surface area contributed by atoms with Crippen molar-refractivity contribution in [3.63, 3.8) is 0 Å². The van der Waals surface area contributed by atoms with Crippen molar-refractivity contribution >= 4 is 17.6 Å². The van der Waals surface area contributed by atoms with E-state index in [0.29, 0.717) is 5.69 Å². The van der Waals surface area contributed by atoms with Crippen LogP contribution in [0.4, 0.5) is 5.69 Å². The van der Waals surface area contributed by atoms with Crippen molar-refractivity contribution in [2.45, 2.75) is 0 Å². The number of carboxylic acid groups (broad SMARTS) is 1. The molecule has 16 heavy (non-hydrogen) atoms. The molecule has 1 aromatic rings. The number of para-hydroxylation sites is 1. The number of aliphatic carboxylic acids is 1. The molecule has 5 nitrogen and oxygen atoms in total. The largest absolute Gasteiger partial charge is 0.490 e. The van der Waals surface area contributed by atoms with Crippen LogP contribution in [0.3, 0.4) is 0 Å². The summed E-state index contributed by atoms with van der Waals surface area (Å²) in [4.78, 5) is 21.9. The van der Waals surface area contributed by atoms with E-state index in [9.17, 15) is 9.59 Å². The fourth-order valence-corrected chi connectivity index (χ4v) is 1.03. The molecule has 0 aliphatic carbocycles. The smallest absolute Gasteiger partial charge is 0.371 e. The monoisotopic (exact) mass is 221 g/mol. The Morgan fingerprint density at radius 2 is 1.94 bits per heavy atom. The van der Waals surface area contributed by atoms with Crippen LogP contribution < -0.4 is 5.32 Å². The third kappa shape index (κ3) is 3.45. The van der Waals surface area contributed by atoms with Crippen LogP contribution in [0.1, 0.15) is 0 Å². The summed E-state index contributed by atoms with van der Waals surface area (Å²) in [6.07, 6.45) is 0.884. The Morgan fingerprint density at radius 3 is 2.44 bits per heavy atom. The molecule has 5 heteroatoms. The first kappa shape index (κ1) is 11.8. The maximum absolute atomic E-state index is 11.4. The van der Waals surface area contributed by atoms with Gasteiger partial charge in [-0.3, -0.25) is 4.79 Å². The van der Waals surface area contributed by atoms with Crippen molar-refractivity contribution in [1.82, 2.24) is 0 Å². The van der Waals surface area contributed by atoms with E-state index in [1.165, 1.54) is 7.11 Å². The summed E-state index contributed by atoms with van der Waals surface area (Å²) in [5.41, 5.74) is 0.588. The predicted octanol–water partition coefficient (Wildman–Crippen LogP) is 1.24. The van der Waals surface area contributed by atoms with Crippen molar-refractivity contribution in [3.05, 3.63) is 42.2 Å². The van der Waals surface area contributed by atoms with Crippen LogP contribution in [0.15, 0.2) is 42.2 Å². The number of ether oxygens (including phenoxy) is 1. The van der Waals surface area contributed by atoms with E-state index in [-0.39, 0.29) is 0 Å². The molecule has 84 valence electrons. The number of carbonyl (C=O) groups excluding carboxylic acids is 1. The van der Waals surface area contributed by atoms with Crippen LogP contribution in [0.25, 0.3) is 0 Å². The molecule has 0 spiro atoms. The van der Waals surface area contributed by atoms with E-state index >= 15 is 0 Å². The number of hydrogen-bond acceptors (Lipinski definition) is 3. The minimum atomic E-state index is -1.29. The second-order valence-electron chi connectivity index (χ2n) is 2.87. The molecule has 0 heterocycles. The third-order valence-corrected chi connectivity index (χ3v) is 1.73. The molecule has 1 aromatic carbocycles. The van der Waals surface area contributed by atoms with E-state index in [1.807, 2.05) is 6.07 Å². The molecule has 0 bridgehead atoms. The summed E-state index contributed by atoms with van der Waals surface area (Å²) in [5, 5.41) is 11.1. The number of nitrogens with one attached hydrogen (secondary N) is 1. The Labute approximate surface area is 92.3 Å². The fraction of sp³-hybridized carbons (Fsp3) is 0.0909. The lowest BCUT2D eigenvalue weighted by molar-refractivity contribution is -0.136. The molecular weight excluding hydrogens is 210 g/mol. The standard InChI is InChI=1S/C11H11NO4/c1-16-9(11(14)15)7-10(13)12-8-5-3-2-4-6-8/h2-7H,1H3,(H,12,13)(H,14,15)/b9-7+. The van der Waals surface area contributed by atoms with Crippen LogP contribution >= 0.6 is 0 Å². The Hall–Kier alpha value is -2.30. The van der Waals surface area contributed by atoms with Crippen LogP contribution in [-0.2, 0) is 14.3 Å². The van der Waals surface area contributed by atoms with Gasteiger partial charge in [-0.2, -0.15) is 0 Å². The Kier molecular flexibility index (Phi) is 4.08. The van der Waals surface area contributed by atoms with Gasteiger partial charge in [-0.15, -0.1) is 0 Å². The normalized spacial score (nSPS) is 10.7. The Balaban J connectivity index is 2.70. The minimum absolute atomic E-state index is 0.409. The van der Waals surface area contributed by atoms with Gasteiger partial charge in [-0.1, -0.05) is 18.2 Å². The maximum atomic E-state index is 11.4. The summed E-state index contributed by atoms with van der Waals surface area (Å²) in [7, 11) is 1.19. The van der Waals surface area contributed by atoms with Gasteiger partial charge in [0.25, 0.3) is 5.91 Å². The van der Waals surface area contributed by atoms with Gasteiger partial charge in [0.05, 0.1) is 13.2 Å². The molecule has 0 unspecified atom stereocenters. The van der Waals surface area contributed by atoms with Crippen molar-refractivity contribution < 1.29 is 19.4 Å². The molecule has 0 aliphatic rings. The molecule has 0 aliphatic heterocycles. The molecular formula is C11H11NO4. The molecule has 0 saturated carbocycles. The average molecular weight is 221 g/mol. The third-order valence-electron chi connectivity index (χ3n) is 1.73. The van der Waals surface area contributed by atoms with Crippen LogP contribution in [0.5, 0.6) is 0 Å². The lowest BCUT2D eigenvalue weighted by Gasteiger charge is -2.02. The summed E-state index contributed by atoms with van der Waals surface area (Å²) in [5.74, 6) is -2.25. The van der Waals surface area contributed by atoms with Gasteiger partial charge in [-0.05, 0) is 12.1 Å². The molecule has 2 N–H and O–H groups in total. The zero-order chi connectivity index (χ0) is 12.0. The van der Waals surface area contributed by atoms with E-state index in [0.717, 1.165) is 6.08 Å². The summed E-state index contributed by atoms with van der Waals surface area (Å²) < 4.78 is 4.52. The number of amides is 1. The predicted molar refractivity (Wildman–Crippen MR) is 57.8 cm³/mol. The second-order valence-corrected chi connectivity index (χ2v) is 2.87. The Morgan fingerprint density at radius 1 is 1.31 bits per heavy atom. The van der Waals surface area contributed by atoms with Crippen molar-refractivity contribution in [2.24, 2.45) is 0 Å². The van der Waals surface area contributed by atoms with Gasteiger partial charge in [0.15, 0.2) is 0 Å². The molecule has 0 fully saturated rings. The maximum Gasteiger partial charge on any atom is 0.371 e. The molecule has 1 amide bonds. The van der Waals surface area contributed by atoms with Crippen molar-refractivity contribution in [2.75, 3.05) is 12.4 Å². The molecule has 1 rings (SSSR count). The highest BCUT2D eigenvalue weighted by molar-refractivity contribution is 6.03. The summed E-state index contributed by atoms with van der Waals surface area (Å²) in [6.45, 7) is 0. The van der Waals surface area contributed by atoms with E-state index in [2.05, 4.69) is 10.1 Å². The lowest BCUT2D eigenvalue weighted by atomic mass is 10.3. The number of anilines is 1. The highest BCUT2D eigenvalue weighted by atomic mass is 16.5. The number of methoxy groups -OCH3 is 1. The zero-order valence-electron chi connectivity index (χ0n) is 8.64. The van der Waals surface area contributed by atoms with Gasteiger partial charge in [0.1, 0.15) is 0 Å². The van der Waals surface area contributed by atoms with Crippen LogP contribution in [-0.4, -0.2) is 24.1 Å². The quantitative estimate of drug-likeness (QED) is 0.592. The molecule has 0 aromatic heterocycles. The van der Waals surface area contributed by atoms with Gasteiger partial charge >= 0.3 is 5.97 Å².